The van der Waals surface area contributed by atoms with Crippen LogP contribution in [0.3, 0.4) is 0 Å². The lowest BCUT2D eigenvalue weighted by Gasteiger charge is -2.44. The predicted molar refractivity (Wildman–Crippen MR) is 109 cm³/mol. The number of aromatic amines is 1. The number of nitrogens with zero attached hydrogens (tertiary/aromatic N) is 4. The van der Waals surface area contributed by atoms with Crippen molar-refractivity contribution in [2.45, 2.75) is 25.4 Å². The van der Waals surface area contributed by atoms with Crippen molar-refractivity contribution >= 4 is 27.0 Å². The van der Waals surface area contributed by atoms with Crippen LogP contribution in [0.2, 0.25) is 0 Å². The van der Waals surface area contributed by atoms with Crippen molar-refractivity contribution in [3.63, 3.8) is 0 Å². The van der Waals surface area contributed by atoms with Gasteiger partial charge in [0.2, 0.25) is 15.9 Å². The molecule has 1 aromatic carbocycles. The van der Waals surface area contributed by atoms with Gasteiger partial charge in [0.15, 0.2) is 0 Å². The molecule has 29 heavy (non-hydrogen) atoms. The molecule has 1 aliphatic heterocycles. The molecule has 0 unspecified atom stereocenters. The van der Waals surface area contributed by atoms with Crippen molar-refractivity contribution in [2.75, 3.05) is 19.3 Å². The molecule has 1 aliphatic rings. The third-order valence-electron chi connectivity index (χ3n) is 5.12. The molecule has 0 saturated carbocycles. The number of imidazole rings is 1. The second-order valence-corrected chi connectivity index (χ2v) is 9.26. The fraction of sp³-hybridized carbons (Fsp3) is 0.350. The Morgan fingerprint density at radius 3 is 2.72 bits per heavy atom. The highest BCUT2D eigenvalue weighted by molar-refractivity contribution is 7.88. The second-order valence-electron chi connectivity index (χ2n) is 7.32. The van der Waals surface area contributed by atoms with Gasteiger partial charge in [0.25, 0.3) is 0 Å². The maximum Gasteiger partial charge on any atom is 0.223 e. The van der Waals surface area contributed by atoms with Crippen LogP contribution < -0.4 is 0 Å². The molecule has 1 fully saturated rings. The number of rotatable bonds is 7. The number of sulfonamides is 1. The van der Waals surface area contributed by atoms with E-state index in [1.165, 1.54) is 10.6 Å². The molecule has 0 bridgehead atoms. The first-order valence-corrected chi connectivity index (χ1v) is 11.3. The van der Waals surface area contributed by atoms with E-state index in [0.717, 1.165) is 22.4 Å². The van der Waals surface area contributed by atoms with E-state index < -0.39 is 10.0 Å². The number of likely N-dealkylation sites (tertiary alicyclic amines) is 1. The summed E-state index contributed by atoms with van der Waals surface area (Å²) < 4.78 is 25.9. The van der Waals surface area contributed by atoms with E-state index in [0.29, 0.717) is 25.9 Å². The van der Waals surface area contributed by atoms with Gasteiger partial charge in [0.05, 0.1) is 23.3 Å². The minimum atomic E-state index is -3.39. The van der Waals surface area contributed by atoms with Crippen LogP contribution >= 0.6 is 0 Å². The van der Waals surface area contributed by atoms with Crippen LogP contribution in [0, 0.1) is 0 Å². The highest BCUT2D eigenvalue weighted by atomic mass is 32.2. The number of hydrogen-bond acceptors (Lipinski definition) is 5. The quantitative estimate of drug-likeness (QED) is 0.634. The van der Waals surface area contributed by atoms with Gasteiger partial charge in [-0.25, -0.2) is 13.4 Å². The van der Waals surface area contributed by atoms with Gasteiger partial charge in [-0.15, -0.1) is 0 Å². The Balaban J connectivity index is 1.33. The van der Waals surface area contributed by atoms with Crippen molar-refractivity contribution in [1.29, 1.82) is 0 Å². The van der Waals surface area contributed by atoms with Crippen molar-refractivity contribution in [2.24, 2.45) is 0 Å². The van der Waals surface area contributed by atoms with E-state index in [2.05, 4.69) is 15.0 Å². The van der Waals surface area contributed by atoms with E-state index in [9.17, 15) is 13.2 Å². The maximum atomic E-state index is 12.5. The van der Waals surface area contributed by atoms with Crippen molar-refractivity contribution in [3.8, 4) is 0 Å². The first-order chi connectivity index (χ1) is 13.9. The summed E-state index contributed by atoms with van der Waals surface area (Å²) in [6.07, 6.45) is 5.39. The minimum Gasteiger partial charge on any atom is -0.342 e. The third-order valence-corrected chi connectivity index (χ3v) is 6.40. The van der Waals surface area contributed by atoms with E-state index in [4.69, 9.17) is 0 Å². The van der Waals surface area contributed by atoms with Gasteiger partial charge >= 0.3 is 0 Å². The van der Waals surface area contributed by atoms with Crippen LogP contribution in [0.5, 0.6) is 0 Å². The lowest BCUT2D eigenvalue weighted by atomic mass is 10.1. The number of nitrogens with one attached hydrogen (secondary N) is 1. The summed E-state index contributed by atoms with van der Waals surface area (Å²) in [5.41, 5.74) is 2.67. The normalized spacial score (nSPS) is 15.0. The summed E-state index contributed by atoms with van der Waals surface area (Å²) in [6.45, 7) is 1.08. The topological polar surface area (TPSA) is 99.3 Å². The number of amides is 1. The molecule has 1 amide bonds. The average Bonchev–Trinajstić information content (AvgIpc) is 3.07. The molecule has 3 heterocycles. The van der Waals surface area contributed by atoms with Gasteiger partial charge in [-0.1, -0.05) is 18.2 Å². The van der Waals surface area contributed by atoms with E-state index >= 15 is 0 Å². The molecule has 4 rings (SSSR count). The van der Waals surface area contributed by atoms with Gasteiger partial charge in [-0.05, 0) is 23.8 Å². The standard InChI is InChI=1S/C20H23N5O3S/c1-29(27,28)25(12-15-5-4-10-21-11-15)16-13-24(14-16)20(26)9-8-19-22-17-6-2-3-7-18(17)23-19/h2-7,10-11,16H,8-9,12-14H2,1H3,(H,22,23). The number of aromatic nitrogens is 3. The molecule has 0 atom stereocenters. The molecule has 9 heteroatoms. The number of fused-ring (bicyclic) bond motifs is 1. The molecule has 1 N–H and O–H groups in total. The van der Waals surface area contributed by atoms with Gasteiger partial charge in [-0.3, -0.25) is 9.78 Å². The molecule has 0 aliphatic carbocycles. The van der Waals surface area contributed by atoms with Crippen molar-refractivity contribution in [3.05, 3.63) is 60.2 Å². The molecule has 2 aromatic heterocycles. The Labute approximate surface area is 169 Å². The molecular weight excluding hydrogens is 390 g/mol. The number of hydrogen-bond donors (Lipinski definition) is 1. The predicted octanol–water partition coefficient (Wildman–Crippen LogP) is 1.56. The SMILES string of the molecule is CS(=O)(=O)N(Cc1cccnc1)C1CN(C(=O)CCc2nc3ccccc3[nH]2)C1. The van der Waals surface area contributed by atoms with Crippen LogP contribution in [-0.4, -0.2) is 63.9 Å². The first kappa shape index (κ1) is 19.5. The third kappa shape index (κ3) is 4.46. The monoisotopic (exact) mass is 413 g/mol. The number of H-pyrrole nitrogens is 1. The number of aryl methyl sites for hydroxylation is 1. The Hall–Kier alpha value is -2.78. The average molecular weight is 414 g/mol. The lowest BCUT2D eigenvalue weighted by Crippen LogP contribution is -2.61. The molecule has 8 nitrogen and oxygen atoms in total. The second kappa shape index (κ2) is 7.92. The number of benzene rings is 1. The molecular formula is C20H23N5O3S. The fourth-order valence-corrected chi connectivity index (χ4v) is 4.60. The summed E-state index contributed by atoms with van der Waals surface area (Å²) in [6, 6.07) is 11.2. The number of pyridine rings is 1. The molecule has 1 saturated heterocycles. The van der Waals surface area contributed by atoms with Crippen LogP contribution in [0.4, 0.5) is 0 Å². The summed E-state index contributed by atoms with van der Waals surface area (Å²) >= 11 is 0. The van der Waals surface area contributed by atoms with E-state index in [1.54, 1.807) is 23.4 Å². The van der Waals surface area contributed by atoms with Crippen LogP contribution in [-0.2, 0) is 27.8 Å². The smallest absolute Gasteiger partial charge is 0.223 e. The zero-order valence-corrected chi connectivity index (χ0v) is 17.0. The Morgan fingerprint density at radius 2 is 2.03 bits per heavy atom. The minimum absolute atomic E-state index is 0.0107. The van der Waals surface area contributed by atoms with Crippen LogP contribution in [0.15, 0.2) is 48.8 Å². The van der Waals surface area contributed by atoms with Gasteiger partial charge < -0.3 is 9.88 Å². The van der Waals surface area contributed by atoms with Crippen LogP contribution in [0.1, 0.15) is 17.8 Å². The van der Waals surface area contributed by atoms with Crippen LogP contribution in [0.25, 0.3) is 11.0 Å². The molecule has 0 spiro atoms. The number of carbonyl (C=O) groups is 1. The summed E-state index contributed by atoms with van der Waals surface area (Å²) in [4.78, 5) is 26.0. The maximum absolute atomic E-state index is 12.5. The van der Waals surface area contributed by atoms with E-state index in [-0.39, 0.29) is 18.5 Å². The van der Waals surface area contributed by atoms with Crippen molar-refractivity contribution in [1.82, 2.24) is 24.2 Å². The Bertz CT molecular complexity index is 1070. The fourth-order valence-electron chi connectivity index (χ4n) is 3.54. The lowest BCUT2D eigenvalue weighted by molar-refractivity contribution is -0.137. The number of para-hydroxylation sites is 2. The first-order valence-electron chi connectivity index (χ1n) is 9.47. The van der Waals surface area contributed by atoms with Crippen molar-refractivity contribution < 1.29 is 13.2 Å². The molecule has 3 aromatic rings. The van der Waals surface area contributed by atoms with Gasteiger partial charge in [-0.2, -0.15) is 4.31 Å². The Kier molecular flexibility index (Phi) is 5.33. The molecule has 152 valence electrons. The molecule has 0 radical (unpaired) electrons. The van der Waals surface area contributed by atoms with Gasteiger partial charge in [0, 0.05) is 44.9 Å². The summed E-state index contributed by atoms with van der Waals surface area (Å²) in [5.74, 6) is 0.794. The highest BCUT2D eigenvalue weighted by Gasteiger charge is 2.38. The van der Waals surface area contributed by atoms with Gasteiger partial charge in [0.1, 0.15) is 5.82 Å². The van der Waals surface area contributed by atoms with E-state index in [1.807, 2.05) is 30.3 Å². The number of carbonyl (C=O) groups excluding carboxylic acids is 1. The summed E-state index contributed by atoms with van der Waals surface area (Å²) in [5, 5.41) is 0. The largest absolute Gasteiger partial charge is 0.342 e. The zero-order valence-electron chi connectivity index (χ0n) is 16.2. The highest BCUT2D eigenvalue weighted by Crippen LogP contribution is 2.22. The zero-order chi connectivity index (χ0) is 20.4. The summed E-state index contributed by atoms with van der Waals surface area (Å²) in [7, 11) is -3.39. The Morgan fingerprint density at radius 1 is 1.24 bits per heavy atom.